The second kappa shape index (κ2) is 6.73. The fraction of sp³-hybridized carbons (Fsp3) is 0.0526. The molecule has 1 unspecified atom stereocenters. The van der Waals surface area contributed by atoms with Gasteiger partial charge in [0.2, 0.25) is 0 Å². The molecule has 0 saturated heterocycles. The van der Waals surface area contributed by atoms with E-state index in [1.807, 2.05) is 42.5 Å². The third kappa shape index (κ3) is 4.06. The molecule has 136 valence electrons. The first-order valence-electron chi connectivity index (χ1n) is 8.09. The van der Waals surface area contributed by atoms with E-state index in [-0.39, 0.29) is 0 Å². The van der Waals surface area contributed by atoms with Crippen LogP contribution < -0.4 is 10.0 Å². The molecule has 0 aliphatic heterocycles. The normalized spacial score (nSPS) is 13.2. The summed E-state index contributed by atoms with van der Waals surface area (Å²) in [7, 11) is -2.34. The van der Waals surface area contributed by atoms with Gasteiger partial charge in [0.1, 0.15) is 6.33 Å². The van der Waals surface area contributed by atoms with Gasteiger partial charge in [-0.25, -0.2) is 19.2 Å². The van der Waals surface area contributed by atoms with Crippen molar-refractivity contribution in [3.8, 4) is 11.3 Å². The lowest BCUT2D eigenvalue weighted by atomic mass is 10.1. The number of aromatic nitrogens is 3. The van der Waals surface area contributed by atoms with Crippen LogP contribution in [-0.2, 0) is 9.71 Å². The van der Waals surface area contributed by atoms with Gasteiger partial charge in [0.05, 0.1) is 11.7 Å². The number of rotatable bonds is 5. The molecule has 4 rings (SSSR count). The highest BCUT2D eigenvalue weighted by atomic mass is 32.2. The summed E-state index contributed by atoms with van der Waals surface area (Å²) in [5.41, 5.74) is 3.16. The lowest BCUT2D eigenvalue weighted by molar-refractivity contribution is 0.592. The first kappa shape index (κ1) is 17.0. The quantitative estimate of drug-likeness (QED) is 0.514. The number of hydrogen-bond acceptors (Lipinski definition) is 6. The smallest absolute Gasteiger partial charge is 0.299 e. The molecule has 0 saturated carbocycles. The Bertz CT molecular complexity index is 1220. The Morgan fingerprint density at radius 3 is 2.78 bits per heavy atom. The maximum absolute atomic E-state index is 11.8. The first-order chi connectivity index (χ1) is 13.0. The lowest BCUT2D eigenvalue weighted by Gasteiger charge is -2.09. The Morgan fingerprint density at radius 1 is 1.07 bits per heavy atom. The van der Waals surface area contributed by atoms with Crippen molar-refractivity contribution in [3.63, 3.8) is 0 Å². The van der Waals surface area contributed by atoms with Crippen molar-refractivity contribution >= 4 is 43.9 Å². The number of hydrogen-bond donors (Lipinski definition) is 2. The number of benzene rings is 2. The van der Waals surface area contributed by atoms with Crippen LogP contribution in [0.4, 0.5) is 17.4 Å². The van der Waals surface area contributed by atoms with Crippen molar-refractivity contribution < 1.29 is 8.63 Å². The molecule has 4 aromatic rings. The molecule has 0 radical (unpaired) electrons. The van der Waals surface area contributed by atoms with Gasteiger partial charge in [0.15, 0.2) is 5.76 Å². The summed E-state index contributed by atoms with van der Waals surface area (Å²) in [6.45, 7) is 0. The van der Waals surface area contributed by atoms with Crippen molar-refractivity contribution in [3.05, 3.63) is 61.2 Å². The molecule has 2 aromatic heterocycles. The van der Waals surface area contributed by atoms with Gasteiger partial charge < -0.3 is 14.5 Å². The van der Waals surface area contributed by atoms with Gasteiger partial charge in [-0.15, -0.1) is 0 Å². The maximum Gasteiger partial charge on any atom is 0.299 e. The van der Waals surface area contributed by atoms with Gasteiger partial charge in [0, 0.05) is 44.5 Å². The predicted molar refractivity (Wildman–Crippen MR) is 110 cm³/mol. The molecule has 1 atom stereocenters. The number of nitrogens with one attached hydrogen (secondary N) is 2. The van der Waals surface area contributed by atoms with Crippen LogP contribution in [0, 0.1) is 0 Å². The third-order valence-electron chi connectivity index (χ3n) is 3.75. The average molecular weight is 379 g/mol. The summed E-state index contributed by atoms with van der Waals surface area (Å²) < 4.78 is 20.5. The second-order valence-electron chi connectivity index (χ2n) is 6.14. The molecule has 0 spiro atoms. The van der Waals surface area contributed by atoms with Crippen LogP contribution in [0.25, 0.3) is 22.2 Å². The predicted octanol–water partition coefficient (Wildman–Crippen LogP) is 3.70. The van der Waals surface area contributed by atoms with Gasteiger partial charge >= 0.3 is 0 Å². The average Bonchev–Trinajstić information content (AvgIpc) is 3.08. The number of fused-ring (bicyclic) bond motifs is 1. The van der Waals surface area contributed by atoms with E-state index in [0.717, 1.165) is 22.2 Å². The van der Waals surface area contributed by atoms with Crippen molar-refractivity contribution in [2.75, 3.05) is 16.3 Å². The molecule has 0 amide bonds. The fourth-order valence-corrected chi connectivity index (χ4v) is 3.25. The molecule has 0 fully saturated rings. The van der Waals surface area contributed by atoms with Crippen LogP contribution in [0.3, 0.4) is 0 Å². The SMILES string of the molecule is C=S(C)(=O)Nc1cccc(Nc2ncc(-c3ccc4cncnc4c3)o2)c1. The zero-order valence-electron chi connectivity index (χ0n) is 14.5. The van der Waals surface area contributed by atoms with Crippen LogP contribution in [-0.4, -0.2) is 31.3 Å². The highest BCUT2D eigenvalue weighted by Crippen LogP contribution is 2.27. The molecule has 2 N–H and O–H groups in total. The van der Waals surface area contributed by atoms with Gasteiger partial charge in [-0.3, -0.25) is 0 Å². The summed E-state index contributed by atoms with van der Waals surface area (Å²) in [6, 6.07) is 13.5. The van der Waals surface area contributed by atoms with Crippen molar-refractivity contribution in [2.45, 2.75) is 0 Å². The summed E-state index contributed by atoms with van der Waals surface area (Å²) in [4.78, 5) is 12.5. The standard InChI is InChI=1S/C19H17N5O2S/c1-27(2,25)24-16-5-3-4-15(9-16)23-19-21-11-18(26-19)13-6-7-14-10-20-12-22-17(14)8-13/h3-12H,1H2,2H3,(H,21,23)(H,24,25). The van der Waals surface area contributed by atoms with Crippen LogP contribution >= 0.6 is 0 Å². The van der Waals surface area contributed by atoms with E-state index in [4.69, 9.17) is 4.42 Å². The Labute approximate surface area is 156 Å². The van der Waals surface area contributed by atoms with E-state index in [2.05, 4.69) is 30.9 Å². The highest BCUT2D eigenvalue weighted by Gasteiger charge is 2.08. The van der Waals surface area contributed by atoms with Crippen LogP contribution in [0.2, 0.25) is 0 Å². The van der Waals surface area contributed by atoms with E-state index in [1.54, 1.807) is 18.6 Å². The van der Waals surface area contributed by atoms with E-state index >= 15 is 0 Å². The lowest BCUT2D eigenvalue weighted by Crippen LogP contribution is -2.09. The Morgan fingerprint density at radius 2 is 1.93 bits per heavy atom. The minimum Gasteiger partial charge on any atom is -0.423 e. The molecule has 0 aliphatic rings. The highest BCUT2D eigenvalue weighted by molar-refractivity contribution is 8.00. The Kier molecular flexibility index (Phi) is 4.25. The summed E-state index contributed by atoms with van der Waals surface area (Å²) in [6.07, 6.45) is 6.48. The third-order valence-corrected chi connectivity index (χ3v) is 4.41. The number of anilines is 3. The summed E-state index contributed by atoms with van der Waals surface area (Å²) >= 11 is 0. The molecule has 0 aliphatic carbocycles. The number of oxazole rings is 1. The Hall–Kier alpha value is -3.39. The van der Waals surface area contributed by atoms with Gasteiger partial charge in [-0.1, -0.05) is 18.2 Å². The van der Waals surface area contributed by atoms with Gasteiger partial charge in [-0.05, 0) is 30.1 Å². The van der Waals surface area contributed by atoms with Crippen LogP contribution in [0.15, 0.2) is 65.6 Å². The zero-order chi connectivity index (χ0) is 18.9. The largest absolute Gasteiger partial charge is 0.423 e. The first-order valence-corrected chi connectivity index (χ1v) is 10.2. The van der Waals surface area contributed by atoms with E-state index < -0.39 is 9.71 Å². The van der Waals surface area contributed by atoms with Crippen molar-refractivity contribution in [1.82, 2.24) is 15.0 Å². The van der Waals surface area contributed by atoms with Crippen LogP contribution in [0.1, 0.15) is 0 Å². The molecule has 27 heavy (non-hydrogen) atoms. The summed E-state index contributed by atoms with van der Waals surface area (Å²) in [5, 5.41) is 4.06. The van der Waals surface area contributed by atoms with Crippen molar-refractivity contribution in [1.29, 1.82) is 0 Å². The van der Waals surface area contributed by atoms with Gasteiger partial charge in [0.25, 0.3) is 6.01 Å². The van der Waals surface area contributed by atoms with E-state index in [9.17, 15) is 4.21 Å². The van der Waals surface area contributed by atoms with E-state index in [1.165, 1.54) is 6.33 Å². The monoisotopic (exact) mass is 379 g/mol. The summed E-state index contributed by atoms with van der Waals surface area (Å²) in [5.74, 6) is 4.22. The minimum atomic E-state index is -2.34. The van der Waals surface area contributed by atoms with E-state index in [0.29, 0.717) is 17.5 Å². The van der Waals surface area contributed by atoms with Gasteiger partial charge in [-0.2, -0.15) is 0 Å². The fourth-order valence-electron chi connectivity index (χ4n) is 2.63. The molecule has 0 bridgehead atoms. The molecular formula is C19H17N5O2S. The molecule has 2 heterocycles. The molecule has 8 heteroatoms. The topological polar surface area (TPSA) is 92.9 Å². The van der Waals surface area contributed by atoms with Crippen molar-refractivity contribution in [2.24, 2.45) is 0 Å². The second-order valence-corrected chi connectivity index (χ2v) is 8.35. The maximum atomic E-state index is 11.8. The van der Waals surface area contributed by atoms with Crippen LogP contribution in [0.5, 0.6) is 0 Å². The number of nitrogens with zero attached hydrogens (tertiary/aromatic N) is 3. The Balaban J connectivity index is 1.56. The minimum absolute atomic E-state index is 0.358. The molecule has 7 nitrogen and oxygen atoms in total. The zero-order valence-corrected chi connectivity index (χ0v) is 15.4. The molecule has 2 aromatic carbocycles. The molecular weight excluding hydrogens is 362 g/mol.